The van der Waals surface area contributed by atoms with E-state index in [1.807, 2.05) is 6.07 Å². The minimum absolute atomic E-state index is 0.0963. The van der Waals surface area contributed by atoms with Crippen molar-refractivity contribution in [3.63, 3.8) is 0 Å². The molecule has 2 aromatic rings. The summed E-state index contributed by atoms with van der Waals surface area (Å²) in [7, 11) is 0. The summed E-state index contributed by atoms with van der Waals surface area (Å²) in [5.41, 5.74) is 0.362. The van der Waals surface area contributed by atoms with Crippen molar-refractivity contribution in [3.05, 3.63) is 57.7 Å². The molecule has 7 heteroatoms. The number of unbranched alkanes of at least 4 members (excludes halogenated alkanes) is 15. The Morgan fingerprint density at radius 3 is 1.54 bits per heavy atom. The lowest BCUT2D eigenvalue weighted by atomic mass is 10.1. The normalized spacial score (nSPS) is 10.7. The first-order chi connectivity index (χ1) is 22.5. The van der Waals surface area contributed by atoms with E-state index in [0.717, 1.165) is 38.5 Å². The predicted octanol–water partition coefficient (Wildman–Crippen LogP) is 10.4. The Morgan fingerprint density at radius 2 is 1.07 bits per heavy atom. The number of hydrogen-bond acceptors (Lipinski definition) is 6. The standard InChI is InChI=1S/C39H58N2O5/c1-4-7-10-13-16-19-26-44-36-29-33(39(43)41-34-24-22-32(31-40)23-25-35(34)42)30-37(45-27-20-17-14-11-8-5-2)38(36)46-28-21-18-15-12-9-6-3/h22-25,29-30H,4-21,26-28H2,1-3H3,(H,41,42,43). The van der Waals surface area contributed by atoms with E-state index in [4.69, 9.17) is 14.2 Å². The average Bonchev–Trinajstić information content (AvgIpc) is 3.24. The highest BCUT2D eigenvalue weighted by molar-refractivity contribution is 6.05. The van der Waals surface area contributed by atoms with Gasteiger partial charge in [0.05, 0.1) is 37.1 Å². The maximum atomic E-state index is 13.5. The highest BCUT2D eigenvalue weighted by atomic mass is 16.5. The SMILES string of the molecule is CCCCCCCCOc1cc(C(=O)Nc2ccc(C#N)ccc2=O)cc(OCCCCCCCC)c1OCCCCCCCC. The number of nitrogens with one attached hydrogen (secondary N) is 1. The summed E-state index contributed by atoms with van der Waals surface area (Å²) < 4.78 is 18.9. The van der Waals surface area contributed by atoms with Gasteiger partial charge in [0, 0.05) is 5.56 Å². The summed E-state index contributed by atoms with van der Waals surface area (Å²) in [4.78, 5) is 26.1. The van der Waals surface area contributed by atoms with Crippen LogP contribution in [0, 0.1) is 11.3 Å². The minimum Gasteiger partial charge on any atom is -0.490 e. The quantitative estimate of drug-likeness (QED) is 0.103. The molecule has 0 aliphatic rings. The molecular weight excluding hydrogens is 576 g/mol. The molecule has 0 aliphatic heterocycles. The Labute approximate surface area is 278 Å². The van der Waals surface area contributed by atoms with Gasteiger partial charge in [-0.25, -0.2) is 0 Å². The van der Waals surface area contributed by atoms with E-state index < -0.39 is 5.91 Å². The first kappa shape index (κ1) is 38.7. The zero-order valence-corrected chi connectivity index (χ0v) is 28.8. The van der Waals surface area contributed by atoms with Crippen molar-refractivity contribution in [2.24, 2.45) is 0 Å². The van der Waals surface area contributed by atoms with E-state index in [2.05, 4.69) is 26.1 Å². The van der Waals surface area contributed by atoms with Crippen LogP contribution in [0.4, 0.5) is 5.69 Å². The second-order valence-electron chi connectivity index (χ2n) is 12.1. The average molecular weight is 635 g/mol. The van der Waals surface area contributed by atoms with E-state index in [0.29, 0.717) is 48.2 Å². The summed E-state index contributed by atoms with van der Waals surface area (Å²) >= 11 is 0. The fourth-order valence-electron chi connectivity index (χ4n) is 5.19. The lowest BCUT2D eigenvalue weighted by Gasteiger charge is -2.19. The second-order valence-corrected chi connectivity index (χ2v) is 12.1. The number of rotatable bonds is 26. The Kier molecular flexibility index (Phi) is 20.7. The molecule has 46 heavy (non-hydrogen) atoms. The zero-order valence-electron chi connectivity index (χ0n) is 28.8. The van der Waals surface area contributed by atoms with Crippen molar-refractivity contribution in [3.8, 4) is 23.3 Å². The van der Waals surface area contributed by atoms with Gasteiger partial charge in [-0.15, -0.1) is 0 Å². The van der Waals surface area contributed by atoms with Crippen molar-refractivity contribution >= 4 is 11.6 Å². The van der Waals surface area contributed by atoms with Crippen LogP contribution in [-0.2, 0) is 0 Å². The summed E-state index contributed by atoms with van der Waals surface area (Å²) in [6.45, 7) is 8.21. The number of hydrogen-bond donors (Lipinski definition) is 1. The summed E-state index contributed by atoms with van der Waals surface area (Å²) in [6, 6.07) is 11.1. The van der Waals surface area contributed by atoms with Gasteiger partial charge in [-0.1, -0.05) is 117 Å². The first-order valence-corrected chi connectivity index (χ1v) is 18.0. The lowest BCUT2D eigenvalue weighted by molar-refractivity contribution is 0.102. The Bertz CT molecular complexity index is 1200. The maximum Gasteiger partial charge on any atom is 0.256 e. The van der Waals surface area contributed by atoms with Gasteiger partial charge in [0.15, 0.2) is 11.5 Å². The molecule has 1 amide bonds. The number of amides is 1. The summed E-state index contributed by atoms with van der Waals surface area (Å²) in [6.07, 6.45) is 20.6. The molecule has 0 atom stereocenters. The first-order valence-electron chi connectivity index (χ1n) is 18.0. The number of anilines is 1. The van der Waals surface area contributed by atoms with Crippen LogP contribution in [-0.4, -0.2) is 25.7 Å². The molecule has 0 spiro atoms. The lowest BCUT2D eigenvalue weighted by Crippen LogP contribution is -2.17. The van der Waals surface area contributed by atoms with Crippen LogP contribution in [0.3, 0.4) is 0 Å². The van der Waals surface area contributed by atoms with Crippen LogP contribution >= 0.6 is 0 Å². The Morgan fingerprint density at radius 1 is 0.630 bits per heavy atom. The topological polar surface area (TPSA) is 97.7 Å². The van der Waals surface area contributed by atoms with E-state index in [9.17, 15) is 14.9 Å². The van der Waals surface area contributed by atoms with Crippen LogP contribution in [0.2, 0.25) is 0 Å². The van der Waals surface area contributed by atoms with E-state index in [1.165, 1.54) is 101 Å². The minimum atomic E-state index is -0.460. The molecule has 7 nitrogen and oxygen atoms in total. The van der Waals surface area contributed by atoms with Crippen LogP contribution in [0.1, 0.15) is 152 Å². The molecule has 254 valence electrons. The molecule has 0 bridgehead atoms. The fourth-order valence-corrected chi connectivity index (χ4v) is 5.19. The molecular formula is C39H58N2O5. The Hall–Kier alpha value is -3.53. The van der Waals surface area contributed by atoms with Crippen LogP contribution in [0.15, 0.2) is 41.2 Å². The molecule has 0 saturated carbocycles. The van der Waals surface area contributed by atoms with Gasteiger partial charge in [0.25, 0.3) is 5.91 Å². The van der Waals surface area contributed by atoms with Crippen molar-refractivity contribution < 1.29 is 19.0 Å². The number of carbonyl (C=O) groups excluding carboxylic acids is 1. The maximum absolute atomic E-state index is 13.5. The molecule has 0 aliphatic carbocycles. The van der Waals surface area contributed by atoms with Crippen LogP contribution in [0.5, 0.6) is 17.2 Å². The van der Waals surface area contributed by atoms with E-state index in [1.54, 1.807) is 12.1 Å². The molecule has 0 unspecified atom stereocenters. The number of carbonyl (C=O) groups is 1. The highest BCUT2D eigenvalue weighted by Gasteiger charge is 2.20. The largest absolute Gasteiger partial charge is 0.490 e. The zero-order chi connectivity index (χ0) is 33.2. The number of nitrogens with zero attached hydrogens (tertiary/aromatic N) is 1. The number of ether oxygens (including phenoxy) is 3. The molecule has 0 aromatic heterocycles. The van der Waals surface area contributed by atoms with Crippen molar-refractivity contribution in [2.45, 2.75) is 136 Å². The number of nitriles is 1. The van der Waals surface area contributed by atoms with Crippen LogP contribution < -0.4 is 25.0 Å². The third-order valence-electron chi connectivity index (χ3n) is 8.02. The second kappa shape index (κ2) is 24.7. The van der Waals surface area contributed by atoms with Gasteiger partial charge < -0.3 is 19.5 Å². The smallest absolute Gasteiger partial charge is 0.256 e. The molecule has 0 heterocycles. The molecule has 2 aromatic carbocycles. The van der Waals surface area contributed by atoms with Gasteiger partial charge in [-0.05, 0) is 55.7 Å². The number of benzene rings is 1. The molecule has 2 rings (SSSR count). The predicted molar refractivity (Wildman–Crippen MR) is 188 cm³/mol. The van der Waals surface area contributed by atoms with Gasteiger partial charge in [0.1, 0.15) is 0 Å². The summed E-state index contributed by atoms with van der Waals surface area (Å²) in [5.74, 6) is 1.05. The monoisotopic (exact) mass is 634 g/mol. The Balaban J connectivity index is 2.29. The molecule has 0 radical (unpaired) electrons. The van der Waals surface area contributed by atoms with Gasteiger partial charge in [-0.3, -0.25) is 9.59 Å². The third-order valence-corrected chi connectivity index (χ3v) is 8.02. The van der Waals surface area contributed by atoms with E-state index in [-0.39, 0.29) is 11.1 Å². The van der Waals surface area contributed by atoms with Gasteiger partial charge in [-0.2, -0.15) is 5.26 Å². The van der Waals surface area contributed by atoms with Crippen molar-refractivity contribution in [1.82, 2.24) is 0 Å². The summed E-state index contributed by atoms with van der Waals surface area (Å²) in [5, 5.41) is 11.9. The van der Waals surface area contributed by atoms with E-state index >= 15 is 0 Å². The highest BCUT2D eigenvalue weighted by Crippen LogP contribution is 2.40. The van der Waals surface area contributed by atoms with Crippen molar-refractivity contribution in [1.29, 1.82) is 5.26 Å². The molecule has 0 fully saturated rings. The van der Waals surface area contributed by atoms with Gasteiger partial charge >= 0.3 is 0 Å². The molecule has 1 N–H and O–H groups in total. The van der Waals surface area contributed by atoms with Crippen molar-refractivity contribution in [2.75, 3.05) is 25.1 Å². The molecule has 0 saturated heterocycles. The van der Waals surface area contributed by atoms with Gasteiger partial charge in [0.2, 0.25) is 11.2 Å². The fraction of sp³-hybridized carbons (Fsp3) is 0.615. The third kappa shape index (κ3) is 15.7. The van der Waals surface area contributed by atoms with Crippen LogP contribution in [0.25, 0.3) is 0 Å².